The van der Waals surface area contributed by atoms with Gasteiger partial charge in [0.05, 0.1) is 19.8 Å². The molecule has 1 aromatic carbocycles. The van der Waals surface area contributed by atoms with Gasteiger partial charge in [-0.15, -0.1) is 24.0 Å². The highest BCUT2D eigenvalue weighted by atomic mass is 127. The molecule has 2 rings (SSSR count). The Balaban J connectivity index is 0.00000264. The molecule has 3 N–H and O–H groups in total. The Morgan fingerprint density at radius 1 is 1.30 bits per heavy atom. The van der Waals surface area contributed by atoms with Gasteiger partial charge in [0, 0.05) is 19.6 Å². The Morgan fingerprint density at radius 2 is 2.04 bits per heavy atom. The summed E-state index contributed by atoms with van der Waals surface area (Å²) in [5.41, 5.74) is 9.70. The average molecular weight is 432 g/mol. The fourth-order valence-corrected chi connectivity index (χ4v) is 2.59. The largest absolute Gasteiger partial charge is 0.379 e. The normalized spacial score (nSPS) is 16.0. The lowest BCUT2D eigenvalue weighted by atomic mass is 10.1. The van der Waals surface area contributed by atoms with Crippen LogP contribution in [0.4, 0.5) is 0 Å². The highest BCUT2D eigenvalue weighted by Gasteiger charge is 2.08. The predicted molar refractivity (Wildman–Crippen MR) is 107 cm³/mol. The van der Waals surface area contributed by atoms with Crippen molar-refractivity contribution in [3.8, 4) is 0 Å². The van der Waals surface area contributed by atoms with Gasteiger partial charge in [0.25, 0.3) is 0 Å². The van der Waals surface area contributed by atoms with Gasteiger partial charge >= 0.3 is 0 Å². The molecule has 0 unspecified atom stereocenters. The third-order valence-electron chi connectivity index (χ3n) is 3.98. The van der Waals surface area contributed by atoms with E-state index in [0.717, 1.165) is 45.8 Å². The molecule has 0 radical (unpaired) electrons. The summed E-state index contributed by atoms with van der Waals surface area (Å²) < 4.78 is 5.34. The number of guanidine groups is 1. The van der Waals surface area contributed by atoms with Crippen LogP contribution in [0.15, 0.2) is 23.2 Å². The van der Waals surface area contributed by atoms with Crippen molar-refractivity contribution in [2.75, 3.05) is 39.4 Å². The number of aliphatic imine (C=N–C) groups is 1. The van der Waals surface area contributed by atoms with Gasteiger partial charge in [0.1, 0.15) is 0 Å². The van der Waals surface area contributed by atoms with Gasteiger partial charge in [-0.3, -0.25) is 4.90 Å². The fraction of sp³-hybridized carbons (Fsp3) is 0.588. The lowest BCUT2D eigenvalue weighted by Gasteiger charge is -2.26. The molecule has 0 aliphatic carbocycles. The van der Waals surface area contributed by atoms with E-state index in [9.17, 15) is 0 Å². The standard InChI is InChI=1S/C17H28N4O.HI/c1-14-4-5-16(15(2)12-14)13-20-17(18)19-6-3-7-21-8-10-22-11-9-21;/h4-5,12H,3,6-11,13H2,1-2H3,(H3,18,19,20);1H. The predicted octanol–water partition coefficient (Wildman–Crippen LogP) is 2.05. The molecular weight excluding hydrogens is 403 g/mol. The molecule has 23 heavy (non-hydrogen) atoms. The van der Waals surface area contributed by atoms with Crippen LogP contribution >= 0.6 is 24.0 Å². The zero-order valence-corrected chi connectivity index (χ0v) is 16.5. The van der Waals surface area contributed by atoms with E-state index < -0.39 is 0 Å². The number of nitrogens with zero attached hydrogens (tertiary/aromatic N) is 2. The molecule has 6 heteroatoms. The molecule has 1 aliphatic heterocycles. The van der Waals surface area contributed by atoms with E-state index in [-0.39, 0.29) is 24.0 Å². The van der Waals surface area contributed by atoms with Gasteiger partial charge in [-0.05, 0) is 37.9 Å². The van der Waals surface area contributed by atoms with Gasteiger partial charge < -0.3 is 15.8 Å². The van der Waals surface area contributed by atoms with E-state index in [1.807, 2.05) is 0 Å². The molecule has 1 aromatic rings. The van der Waals surface area contributed by atoms with Crippen LogP contribution in [-0.2, 0) is 11.3 Å². The summed E-state index contributed by atoms with van der Waals surface area (Å²) in [7, 11) is 0. The van der Waals surface area contributed by atoms with Crippen molar-refractivity contribution in [3.63, 3.8) is 0 Å². The summed E-state index contributed by atoms with van der Waals surface area (Å²) >= 11 is 0. The molecule has 0 saturated carbocycles. The number of nitrogens with one attached hydrogen (secondary N) is 1. The van der Waals surface area contributed by atoms with Crippen molar-refractivity contribution >= 4 is 29.9 Å². The molecule has 1 saturated heterocycles. The van der Waals surface area contributed by atoms with Gasteiger partial charge in [-0.25, -0.2) is 4.99 Å². The highest BCUT2D eigenvalue weighted by molar-refractivity contribution is 14.0. The van der Waals surface area contributed by atoms with Crippen LogP contribution in [0.3, 0.4) is 0 Å². The Labute approximate surface area is 156 Å². The minimum Gasteiger partial charge on any atom is -0.379 e. The summed E-state index contributed by atoms with van der Waals surface area (Å²) in [4.78, 5) is 6.84. The topological polar surface area (TPSA) is 62.9 Å². The first-order chi connectivity index (χ1) is 10.6. The van der Waals surface area contributed by atoms with Crippen LogP contribution in [0.25, 0.3) is 0 Å². The summed E-state index contributed by atoms with van der Waals surface area (Å²) in [5.74, 6) is 0.530. The number of aryl methyl sites for hydroxylation is 2. The van der Waals surface area contributed by atoms with E-state index in [2.05, 4.69) is 47.3 Å². The molecule has 130 valence electrons. The third kappa shape index (κ3) is 7.50. The molecule has 0 atom stereocenters. The van der Waals surface area contributed by atoms with Crippen molar-refractivity contribution in [2.24, 2.45) is 10.7 Å². The van der Waals surface area contributed by atoms with E-state index in [1.165, 1.54) is 16.7 Å². The Kier molecular flexibility index (Phi) is 9.50. The van der Waals surface area contributed by atoms with Gasteiger partial charge in [-0.1, -0.05) is 23.8 Å². The zero-order chi connectivity index (χ0) is 15.8. The van der Waals surface area contributed by atoms with E-state index >= 15 is 0 Å². The number of morpholine rings is 1. The van der Waals surface area contributed by atoms with Crippen LogP contribution in [0, 0.1) is 13.8 Å². The lowest BCUT2D eigenvalue weighted by Crippen LogP contribution is -2.39. The minimum atomic E-state index is 0. The average Bonchev–Trinajstić information content (AvgIpc) is 2.52. The van der Waals surface area contributed by atoms with Crippen molar-refractivity contribution in [3.05, 3.63) is 34.9 Å². The number of benzene rings is 1. The van der Waals surface area contributed by atoms with E-state index in [0.29, 0.717) is 12.5 Å². The number of hydrogen-bond acceptors (Lipinski definition) is 3. The SMILES string of the molecule is Cc1ccc(CN=C(N)NCCCN2CCOCC2)c(C)c1.I. The Hall–Kier alpha value is -0.860. The Bertz CT molecular complexity index is 501. The van der Waals surface area contributed by atoms with Crippen LogP contribution in [0.2, 0.25) is 0 Å². The second-order valence-electron chi connectivity index (χ2n) is 5.87. The smallest absolute Gasteiger partial charge is 0.188 e. The molecule has 5 nitrogen and oxygen atoms in total. The van der Waals surface area contributed by atoms with Crippen LogP contribution in [0.5, 0.6) is 0 Å². The maximum atomic E-state index is 5.93. The summed E-state index contributed by atoms with van der Waals surface area (Å²) in [6.07, 6.45) is 1.07. The number of ether oxygens (including phenoxy) is 1. The second-order valence-corrected chi connectivity index (χ2v) is 5.87. The third-order valence-corrected chi connectivity index (χ3v) is 3.98. The number of rotatable bonds is 6. The number of hydrogen-bond donors (Lipinski definition) is 2. The zero-order valence-electron chi connectivity index (χ0n) is 14.2. The van der Waals surface area contributed by atoms with Crippen molar-refractivity contribution < 1.29 is 4.74 Å². The summed E-state index contributed by atoms with van der Waals surface area (Å²) in [6, 6.07) is 6.42. The molecule has 1 heterocycles. The molecule has 0 spiro atoms. The van der Waals surface area contributed by atoms with E-state index in [4.69, 9.17) is 10.5 Å². The van der Waals surface area contributed by atoms with Gasteiger partial charge in [-0.2, -0.15) is 0 Å². The van der Waals surface area contributed by atoms with Crippen LogP contribution < -0.4 is 11.1 Å². The maximum absolute atomic E-state index is 5.93. The van der Waals surface area contributed by atoms with Gasteiger partial charge in [0.15, 0.2) is 5.96 Å². The monoisotopic (exact) mass is 432 g/mol. The van der Waals surface area contributed by atoms with Crippen LogP contribution in [-0.4, -0.2) is 50.3 Å². The summed E-state index contributed by atoms with van der Waals surface area (Å²) in [5, 5.41) is 3.19. The first kappa shape index (κ1) is 20.2. The van der Waals surface area contributed by atoms with Crippen molar-refractivity contribution in [1.29, 1.82) is 0 Å². The number of halogens is 1. The van der Waals surface area contributed by atoms with Crippen LogP contribution in [0.1, 0.15) is 23.1 Å². The highest BCUT2D eigenvalue weighted by Crippen LogP contribution is 2.11. The van der Waals surface area contributed by atoms with Gasteiger partial charge in [0.2, 0.25) is 0 Å². The van der Waals surface area contributed by atoms with E-state index in [1.54, 1.807) is 0 Å². The summed E-state index contributed by atoms with van der Waals surface area (Å²) in [6.45, 7) is 10.6. The maximum Gasteiger partial charge on any atom is 0.188 e. The molecule has 0 aromatic heterocycles. The second kappa shape index (κ2) is 10.8. The van der Waals surface area contributed by atoms with Crippen molar-refractivity contribution in [2.45, 2.75) is 26.8 Å². The first-order valence-electron chi connectivity index (χ1n) is 8.05. The first-order valence-corrected chi connectivity index (χ1v) is 8.05. The minimum absolute atomic E-state index is 0. The molecular formula is C17H29IN4O. The fourth-order valence-electron chi connectivity index (χ4n) is 2.59. The quantitative estimate of drug-likeness (QED) is 0.313. The number of nitrogens with two attached hydrogens (primary N) is 1. The lowest BCUT2D eigenvalue weighted by molar-refractivity contribution is 0.0376. The Morgan fingerprint density at radius 3 is 2.74 bits per heavy atom. The molecule has 1 fully saturated rings. The van der Waals surface area contributed by atoms with Crippen molar-refractivity contribution in [1.82, 2.24) is 10.2 Å². The molecule has 0 bridgehead atoms. The molecule has 1 aliphatic rings. The molecule has 0 amide bonds.